The Labute approximate surface area is 182 Å². The highest BCUT2D eigenvalue weighted by molar-refractivity contribution is 5.85. The SMILES string of the molecule is Cl.Cl.Cn1cc([C@H]2CNC[C@@H]2C(=O)NC(c2ccccc2)c2ccncc2)cn1. The Morgan fingerprint density at radius 2 is 1.79 bits per heavy atom. The van der Waals surface area contributed by atoms with Gasteiger partial charge in [0.2, 0.25) is 5.91 Å². The van der Waals surface area contributed by atoms with Gasteiger partial charge in [0.05, 0.1) is 18.2 Å². The molecule has 154 valence electrons. The number of aryl methyl sites for hydroxylation is 1. The summed E-state index contributed by atoms with van der Waals surface area (Å²) in [5, 5.41) is 10.9. The number of carbonyl (C=O) groups is 1. The first-order valence-electron chi connectivity index (χ1n) is 9.17. The number of aromatic nitrogens is 3. The van der Waals surface area contributed by atoms with E-state index >= 15 is 0 Å². The van der Waals surface area contributed by atoms with Crippen molar-refractivity contribution in [3.05, 3.63) is 83.9 Å². The summed E-state index contributed by atoms with van der Waals surface area (Å²) in [4.78, 5) is 17.3. The lowest BCUT2D eigenvalue weighted by molar-refractivity contribution is -0.125. The highest BCUT2D eigenvalue weighted by Gasteiger charge is 2.35. The fourth-order valence-electron chi connectivity index (χ4n) is 3.75. The van der Waals surface area contributed by atoms with E-state index in [2.05, 4.69) is 20.7 Å². The molecule has 1 aromatic carbocycles. The van der Waals surface area contributed by atoms with Gasteiger partial charge in [0, 0.05) is 44.6 Å². The minimum absolute atomic E-state index is 0. The maximum Gasteiger partial charge on any atom is 0.225 e. The van der Waals surface area contributed by atoms with Crippen molar-refractivity contribution in [2.45, 2.75) is 12.0 Å². The summed E-state index contributed by atoms with van der Waals surface area (Å²) in [5.41, 5.74) is 3.18. The van der Waals surface area contributed by atoms with Gasteiger partial charge in [-0.1, -0.05) is 30.3 Å². The highest BCUT2D eigenvalue weighted by Crippen LogP contribution is 2.29. The third-order valence-corrected chi connectivity index (χ3v) is 5.16. The van der Waals surface area contributed by atoms with E-state index in [0.717, 1.165) is 23.2 Å². The third-order valence-electron chi connectivity index (χ3n) is 5.16. The second-order valence-electron chi connectivity index (χ2n) is 6.95. The van der Waals surface area contributed by atoms with Crippen molar-refractivity contribution in [3.63, 3.8) is 0 Å². The lowest BCUT2D eigenvalue weighted by Gasteiger charge is -2.24. The van der Waals surface area contributed by atoms with Crippen LogP contribution in [0.2, 0.25) is 0 Å². The molecule has 1 amide bonds. The van der Waals surface area contributed by atoms with Crippen LogP contribution in [0.25, 0.3) is 0 Å². The maximum atomic E-state index is 13.2. The largest absolute Gasteiger partial charge is 0.345 e. The molecule has 2 aromatic heterocycles. The van der Waals surface area contributed by atoms with Gasteiger partial charge in [-0.25, -0.2) is 0 Å². The number of benzene rings is 1. The zero-order valence-corrected chi connectivity index (χ0v) is 17.7. The van der Waals surface area contributed by atoms with Crippen molar-refractivity contribution in [1.29, 1.82) is 0 Å². The predicted octanol–water partition coefficient (Wildman–Crippen LogP) is 2.87. The van der Waals surface area contributed by atoms with Gasteiger partial charge in [-0.2, -0.15) is 5.10 Å². The fourth-order valence-corrected chi connectivity index (χ4v) is 3.75. The van der Waals surface area contributed by atoms with E-state index in [-0.39, 0.29) is 48.6 Å². The monoisotopic (exact) mass is 433 g/mol. The van der Waals surface area contributed by atoms with Gasteiger partial charge in [-0.3, -0.25) is 14.5 Å². The van der Waals surface area contributed by atoms with Crippen molar-refractivity contribution in [1.82, 2.24) is 25.4 Å². The molecule has 1 aliphatic heterocycles. The molecule has 1 unspecified atom stereocenters. The molecule has 29 heavy (non-hydrogen) atoms. The van der Waals surface area contributed by atoms with Crippen molar-refractivity contribution >= 4 is 30.7 Å². The van der Waals surface area contributed by atoms with Crippen LogP contribution in [0.1, 0.15) is 28.7 Å². The first kappa shape index (κ1) is 22.9. The Hall–Kier alpha value is -2.41. The van der Waals surface area contributed by atoms with Crippen molar-refractivity contribution in [2.75, 3.05) is 13.1 Å². The van der Waals surface area contributed by atoms with E-state index in [1.807, 2.05) is 61.9 Å². The molecule has 3 heterocycles. The number of carbonyl (C=O) groups excluding carboxylic acids is 1. The predicted molar refractivity (Wildman–Crippen MR) is 117 cm³/mol. The topological polar surface area (TPSA) is 71.8 Å². The molecule has 1 saturated heterocycles. The quantitative estimate of drug-likeness (QED) is 0.648. The molecule has 3 aromatic rings. The van der Waals surface area contributed by atoms with Crippen LogP contribution in [0.5, 0.6) is 0 Å². The zero-order valence-electron chi connectivity index (χ0n) is 16.1. The highest BCUT2D eigenvalue weighted by atomic mass is 35.5. The Balaban J connectivity index is 0.00000150. The Bertz CT molecular complexity index is 864. The van der Waals surface area contributed by atoms with Gasteiger partial charge in [0.1, 0.15) is 0 Å². The molecule has 2 N–H and O–H groups in total. The van der Waals surface area contributed by atoms with E-state index in [0.29, 0.717) is 6.54 Å². The third kappa shape index (κ3) is 5.15. The molecule has 3 atom stereocenters. The van der Waals surface area contributed by atoms with E-state index in [1.54, 1.807) is 17.1 Å². The van der Waals surface area contributed by atoms with Crippen LogP contribution in [0, 0.1) is 5.92 Å². The molecule has 0 aliphatic carbocycles. The van der Waals surface area contributed by atoms with Gasteiger partial charge in [0.25, 0.3) is 0 Å². The second kappa shape index (κ2) is 10.4. The van der Waals surface area contributed by atoms with Crippen LogP contribution in [0.15, 0.2) is 67.3 Å². The maximum absolute atomic E-state index is 13.2. The molecule has 0 saturated carbocycles. The molecule has 4 rings (SSSR count). The smallest absolute Gasteiger partial charge is 0.225 e. The molecule has 1 aliphatic rings. The molecule has 0 spiro atoms. The molecule has 6 nitrogen and oxygen atoms in total. The molecular formula is C21H25Cl2N5O. The number of nitrogens with one attached hydrogen (secondary N) is 2. The van der Waals surface area contributed by atoms with E-state index in [1.165, 1.54) is 0 Å². The van der Waals surface area contributed by atoms with Gasteiger partial charge >= 0.3 is 0 Å². The number of hydrogen-bond acceptors (Lipinski definition) is 4. The van der Waals surface area contributed by atoms with Crippen molar-refractivity contribution in [2.24, 2.45) is 13.0 Å². The lowest BCUT2D eigenvalue weighted by atomic mass is 9.89. The molecular weight excluding hydrogens is 409 g/mol. The van der Waals surface area contributed by atoms with Gasteiger partial charge in [-0.05, 0) is 28.8 Å². The zero-order chi connectivity index (χ0) is 18.6. The molecule has 8 heteroatoms. The average molecular weight is 434 g/mol. The second-order valence-corrected chi connectivity index (χ2v) is 6.95. The van der Waals surface area contributed by atoms with Gasteiger partial charge < -0.3 is 10.6 Å². The summed E-state index contributed by atoms with van der Waals surface area (Å²) in [5.74, 6) is 0.0642. The number of halogens is 2. The first-order chi connectivity index (χ1) is 13.2. The van der Waals surface area contributed by atoms with Crippen LogP contribution in [0.4, 0.5) is 0 Å². The van der Waals surface area contributed by atoms with E-state index < -0.39 is 0 Å². The molecule has 1 fully saturated rings. The van der Waals surface area contributed by atoms with Gasteiger partial charge in [0.15, 0.2) is 0 Å². The lowest BCUT2D eigenvalue weighted by Crippen LogP contribution is -2.37. The summed E-state index contributed by atoms with van der Waals surface area (Å²) in [6, 6.07) is 13.7. The van der Waals surface area contributed by atoms with Crippen LogP contribution < -0.4 is 10.6 Å². The number of nitrogens with zero attached hydrogens (tertiary/aromatic N) is 3. The summed E-state index contributed by atoms with van der Waals surface area (Å²) in [6.45, 7) is 1.46. The van der Waals surface area contributed by atoms with Gasteiger partial charge in [-0.15, -0.1) is 24.8 Å². The summed E-state index contributed by atoms with van der Waals surface area (Å²) in [6.07, 6.45) is 7.37. The average Bonchev–Trinajstić information content (AvgIpc) is 3.36. The molecule has 0 bridgehead atoms. The summed E-state index contributed by atoms with van der Waals surface area (Å²) < 4.78 is 1.78. The Kier molecular flexibility index (Phi) is 8.20. The van der Waals surface area contributed by atoms with Crippen molar-refractivity contribution < 1.29 is 4.79 Å². The van der Waals surface area contributed by atoms with Crippen molar-refractivity contribution in [3.8, 4) is 0 Å². The Morgan fingerprint density at radius 3 is 2.45 bits per heavy atom. The standard InChI is InChI=1S/C21H23N5O.2ClH/c1-26-14-17(11-24-26)18-12-23-13-19(18)21(27)25-20(15-5-3-2-4-6-15)16-7-9-22-10-8-16;;/h2-11,14,18-20,23H,12-13H2,1H3,(H,25,27);2*1H/t18-,19+,20?;;/m1../s1. The van der Waals surface area contributed by atoms with Crippen LogP contribution in [-0.4, -0.2) is 33.8 Å². The number of pyridine rings is 1. The number of rotatable bonds is 5. The summed E-state index contributed by atoms with van der Waals surface area (Å²) in [7, 11) is 1.90. The summed E-state index contributed by atoms with van der Waals surface area (Å²) >= 11 is 0. The minimum atomic E-state index is -0.197. The number of hydrogen-bond donors (Lipinski definition) is 2. The van der Waals surface area contributed by atoms with E-state index in [9.17, 15) is 4.79 Å². The van der Waals surface area contributed by atoms with Crippen LogP contribution in [-0.2, 0) is 11.8 Å². The normalized spacial score (nSPS) is 18.9. The van der Waals surface area contributed by atoms with Crippen LogP contribution in [0.3, 0.4) is 0 Å². The minimum Gasteiger partial charge on any atom is -0.345 e. The van der Waals surface area contributed by atoms with E-state index in [4.69, 9.17) is 0 Å². The van der Waals surface area contributed by atoms with Crippen LogP contribution >= 0.6 is 24.8 Å². The first-order valence-corrected chi connectivity index (χ1v) is 9.17. The number of amides is 1. The molecule has 0 radical (unpaired) electrons. The fraction of sp³-hybridized carbons (Fsp3) is 0.286. The Morgan fingerprint density at radius 1 is 1.10 bits per heavy atom.